The standard InChI is InChI=1S/C26H27FN2O4/c1-31-24-16-20(2-7-23(24)33-18-19-8-12-28-13-9-19)17-29-25(30)26(10-14-32-15-11-26)21-3-5-22(27)6-4-21/h2-9,12-13,16H,10-11,14-15,17-18H2,1H3,(H,29,30). The first-order chi connectivity index (χ1) is 16.1. The minimum atomic E-state index is -0.733. The van der Waals surface area contributed by atoms with Crippen molar-refractivity contribution in [1.82, 2.24) is 10.3 Å². The SMILES string of the molecule is COc1cc(CNC(=O)C2(c3ccc(F)cc3)CCOCC2)ccc1OCc1ccncc1. The highest BCUT2D eigenvalue weighted by atomic mass is 19.1. The van der Waals surface area contributed by atoms with Crippen LogP contribution in [0.4, 0.5) is 4.39 Å². The average Bonchev–Trinajstić information content (AvgIpc) is 2.87. The summed E-state index contributed by atoms with van der Waals surface area (Å²) in [6, 6.07) is 15.6. The quantitative estimate of drug-likeness (QED) is 0.558. The minimum Gasteiger partial charge on any atom is -0.493 e. The Labute approximate surface area is 192 Å². The summed E-state index contributed by atoms with van der Waals surface area (Å²) in [7, 11) is 1.59. The Bertz CT molecular complexity index is 1070. The molecule has 0 atom stereocenters. The molecular formula is C26H27FN2O4. The second kappa shape index (κ2) is 10.4. The number of nitrogens with zero attached hydrogens (tertiary/aromatic N) is 1. The van der Waals surface area contributed by atoms with Gasteiger partial charge in [-0.05, 0) is 65.9 Å². The van der Waals surface area contributed by atoms with Crippen molar-refractivity contribution in [3.8, 4) is 11.5 Å². The van der Waals surface area contributed by atoms with E-state index in [1.54, 1.807) is 31.6 Å². The number of carbonyl (C=O) groups is 1. The van der Waals surface area contributed by atoms with E-state index in [4.69, 9.17) is 14.2 Å². The smallest absolute Gasteiger partial charge is 0.231 e. The molecular weight excluding hydrogens is 423 g/mol. The maximum Gasteiger partial charge on any atom is 0.231 e. The molecule has 1 aliphatic rings. The average molecular weight is 451 g/mol. The van der Waals surface area contributed by atoms with Crippen molar-refractivity contribution < 1.29 is 23.4 Å². The molecule has 0 radical (unpaired) electrons. The largest absolute Gasteiger partial charge is 0.493 e. The van der Waals surface area contributed by atoms with Gasteiger partial charge in [0.1, 0.15) is 12.4 Å². The van der Waals surface area contributed by atoms with E-state index < -0.39 is 5.41 Å². The molecule has 2 aromatic carbocycles. The maximum atomic E-state index is 13.5. The Morgan fingerprint density at radius 2 is 1.76 bits per heavy atom. The lowest BCUT2D eigenvalue weighted by Gasteiger charge is -2.36. The third-order valence-electron chi connectivity index (χ3n) is 6.00. The van der Waals surface area contributed by atoms with Crippen LogP contribution >= 0.6 is 0 Å². The van der Waals surface area contributed by atoms with Gasteiger partial charge in [0.05, 0.1) is 12.5 Å². The molecule has 6 nitrogen and oxygen atoms in total. The summed E-state index contributed by atoms with van der Waals surface area (Å²) in [5.41, 5.74) is 1.97. The first kappa shape index (κ1) is 22.7. The first-order valence-electron chi connectivity index (χ1n) is 10.9. The van der Waals surface area contributed by atoms with Crippen molar-refractivity contribution in [2.75, 3.05) is 20.3 Å². The van der Waals surface area contributed by atoms with Crippen molar-refractivity contribution >= 4 is 5.91 Å². The molecule has 172 valence electrons. The van der Waals surface area contributed by atoms with E-state index in [1.807, 2.05) is 30.3 Å². The van der Waals surface area contributed by atoms with Crippen LogP contribution in [0.25, 0.3) is 0 Å². The van der Waals surface area contributed by atoms with Crippen LogP contribution in [0.1, 0.15) is 29.5 Å². The monoisotopic (exact) mass is 450 g/mol. The molecule has 0 bridgehead atoms. The summed E-state index contributed by atoms with van der Waals surface area (Å²) < 4.78 is 30.3. The fourth-order valence-electron chi connectivity index (χ4n) is 4.07. The van der Waals surface area contributed by atoms with E-state index in [0.717, 1.165) is 16.7 Å². The first-order valence-corrected chi connectivity index (χ1v) is 10.9. The number of amides is 1. The van der Waals surface area contributed by atoms with E-state index in [1.165, 1.54) is 12.1 Å². The molecule has 1 fully saturated rings. The molecule has 33 heavy (non-hydrogen) atoms. The highest BCUT2D eigenvalue weighted by Gasteiger charge is 2.41. The van der Waals surface area contributed by atoms with Crippen LogP contribution in [0.5, 0.6) is 11.5 Å². The van der Waals surface area contributed by atoms with E-state index >= 15 is 0 Å². The van der Waals surface area contributed by atoms with E-state index in [9.17, 15) is 9.18 Å². The van der Waals surface area contributed by atoms with Gasteiger partial charge in [-0.25, -0.2) is 4.39 Å². The van der Waals surface area contributed by atoms with Crippen molar-refractivity contribution in [1.29, 1.82) is 0 Å². The summed E-state index contributed by atoms with van der Waals surface area (Å²) in [6.07, 6.45) is 4.54. The van der Waals surface area contributed by atoms with E-state index in [2.05, 4.69) is 10.3 Å². The minimum absolute atomic E-state index is 0.0885. The number of pyridine rings is 1. The normalized spacial score (nSPS) is 15.0. The van der Waals surface area contributed by atoms with Crippen LogP contribution in [0.2, 0.25) is 0 Å². The zero-order valence-electron chi connectivity index (χ0n) is 18.6. The Hall–Kier alpha value is -3.45. The van der Waals surface area contributed by atoms with E-state index in [-0.39, 0.29) is 11.7 Å². The Kier molecular flexibility index (Phi) is 7.19. The van der Waals surface area contributed by atoms with Crippen LogP contribution in [0, 0.1) is 5.82 Å². The molecule has 1 aromatic heterocycles. The van der Waals surface area contributed by atoms with Gasteiger partial charge in [-0.3, -0.25) is 9.78 Å². The van der Waals surface area contributed by atoms with Gasteiger partial charge >= 0.3 is 0 Å². The summed E-state index contributed by atoms with van der Waals surface area (Å²) in [5, 5.41) is 3.06. The maximum absolute atomic E-state index is 13.5. The van der Waals surface area contributed by atoms with Gasteiger partial charge in [0.15, 0.2) is 11.5 Å². The highest BCUT2D eigenvalue weighted by molar-refractivity contribution is 5.88. The summed E-state index contributed by atoms with van der Waals surface area (Å²) in [4.78, 5) is 17.3. The van der Waals surface area contributed by atoms with Crippen LogP contribution < -0.4 is 14.8 Å². The number of aromatic nitrogens is 1. The van der Waals surface area contributed by atoms with E-state index in [0.29, 0.717) is 50.7 Å². The van der Waals surface area contributed by atoms with Crippen molar-refractivity contribution in [2.24, 2.45) is 0 Å². The third-order valence-corrected chi connectivity index (χ3v) is 6.00. The predicted molar refractivity (Wildman–Crippen MR) is 122 cm³/mol. The Balaban J connectivity index is 1.44. The number of ether oxygens (including phenoxy) is 3. The molecule has 0 unspecified atom stereocenters. The lowest BCUT2D eigenvalue weighted by atomic mass is 9.73. The number of hydrogen-bond donors (Lipinski definition) is 1. The summed E-state index contributed by atoms with van der Waals surface area (Å²) in [6.45, 7) is 1.71. The highest BCUT2D eigenvalue weighted by Crippen LogP contribution is 2.35. The Morgan fingerprint density at radius 1 is 1.03 bits per heavy atom. The number of rotatable bonds is 8. The summed E-state index contributed by atoms with van der Waals surface area (Å²) >= 11 is 0. The number of nitrogens with one attached hydrogen (secondary N) is 1. The number of methoxy groups -OCH3 is 1. The van der Waals surface area contributed by atoms with Crippen molar-refractivity contribution in [2.45, 2.75) is 31.4 Å². The molecule has 1 aliphatic heterocycles. The number of benzene rings is 2. The zero-order valence-corrected chi connectivity index (χ0v) is 18.6. The second-order valence-electron chi connectivity index (χ2n) is 8.01. The molecule has 2 heterocycles. The van der Waals surface area contributed by atoms with Crippen LogP contribution in [0.15, 0.2) is 67.0 Å². The predicted octanol–water partition coefficient (Wildman–Crippen LogP) is 4.17. The molecule has 1 saturated heterocycles. The molecule has 1 amide bonds. The van der Waals surface area contributed by atoms with Gasteiger partial charge in [0, 0.05) is 32.2 Å². The van der Waals surface area contributed by atoms with Gasteiger partial charge in [-0.2, -0.15) is 0 Å². The fraction of sp³-hybridized carbons (Fsp3) is 0.308. The van der Waals surface area contributed by atoms with Crippen molar-refractivity contribution in [3.63, 3.8) is 0 Å². The van der Waals surface area contributed by atoms with Gasteiger partial charge in [0.25, 0.3) is 0 Å². The summed E-state index contributed by atoms with van der Waals surface area (Å²) in [5.74, 6) is 0.806. The number of carbonyl (C=O) groups excluding carboxylic acids is 1. The van der Waals surface area contributed by atoms with Crippen molar-refractivity contribution in [3.05, 3.63) is 89.5 Å². The zero-order chi connectivity index (χ0) is 23.1. The van der Waals surface area contributed by atoms with Gasteiger partial charge in [-0.15, -0.1) is 0 Å². The molecule has 0 spiro atoms. The van der Waals surface area contributed by atoms with Crippen LogP contribution in [0.3, 0.4) is 0 Å². The molecule has 0 saturated carbocycles. The number of halogens is 1. The lowest BCUT2D eigenvalue weighted by Crippen LogP contribution is -2.47. The number of hydrogen-bond acceptors (Lipinski definition) is 5. The molecule has 7 heteroatoms. The second-order valence-corrected chi connectivity index (χ2v) is 8.01. The Morgan fingerprint density at radius 3 is 2.45 bits per heavy atom. The fourth-order valence-corrected chi connectivity index (χ4v) is 4.07. The molecule has 4 rings (SSSR count). The molecule has 0 aliphatic carbocycles. The topological polar surface area (TPSA) is 69.7 Å². The molecule has 1 N–H and O–H groups in total. The van der Waals surface area contributed by atoms with Crippen LogP contribution in [-0.4, -0.2) is 31.2 Å². The molecule has 3 aromatic rings. The van der Waals surface area contributed by atoms with Crippen LogP contribution in [-0.2, 0) is 28.1 Å². The van der Waals surface area contributed by atoms with Gasteiger partial charge < -0.3 is 19.5 Å². The van der Waals surface area contributed by atoms with Gasteiger partial charge in [-0.1, -0.05) is 18.2 Å². The lowest BCUT2D eigenvalue weighted by molar-refractivity contribution is -0.130. The third kappa shape index (κ3) is 5.31. The van der Waals surface area contributed by atoms with Gasteiger partial charge in [0.2, 0.25) is 5.91 Å².